The lowest BCUT2D eigenvalue weighted by molar-refractivity contribution is -0.384. The van der Waals surface area contributed by atoms with Crippen molar-refractivity contribution in [1.82, 2.24) is 9.88 Å². The molecule has 1 saturated heterocycles. The van der Waals surface area contributed by atoms with Crippen LogP contribution in [-0.2, 0) is 11.2 Å². The van der Waals surface area contributed by atoms with Gasteiger partial charge in [-0.05, 0) is 23.8 Å². The molecule has 1 aliphatic rings. The second-order valence-corrected chi connectivity index (χ2v) is 10.4. The van der Waals surface area contributed by atoms with Crippen molar-refractivity contribution in [3.8, 4) is 0 Å². The fourth-order valence-corrected chi connectivity index (χ4v) is 5.43. The van der Waals surface area contributed by atoms with Gasteiger partial charge in [0.2, 0.25) is 5.91 Å². The Morgan fingerprint density at radius 1 is 1.16 bits per heavy atom. The number of nitrogens with zero attached hydrogens (tertiary/aromatic N) is 4. The van der Waals surface area contributed by atoms with Crippen LogP contribution in [-0.4, -0.2) is 52.1 Å². The standard InChI is InChI=1S/C22H24N4O3S2/c1-15(2)30-18-6-3-16(4-7-18)13-21(27)24-9-11-25(12-10-24)22-23-19-8-5-17(26(28)29)14-20(19)31-22/h3-8,14-15H,9-13H2,1-2H3. The van der Waals surface area contributed by atoms with Crippen molar-refractivity contribution in [3.05, 3.63) is 58.1 Å². The van der Waals surface area contributed by atoms with E-state index in [0.29, 0.717) is 37.8 Å². The normalized spacial score (nSPS) is 14.4. The highest BCUT2D eigenvalue weighted by atomic mass is 32.2. The van der Waals surface area contributed by atoms with Crippen LogP contribution in [0, 0.1) is 10.1 Å². The van der Waals surface area contributed by atoms with Gasteiger partial charge in [-0.2, -0.15) is 0 Å². The number of benzene rings is 2. The number of hydrogen-bond acceptors (Lipinski definition) is 7. The Hall–Kier alpha value is -2.65. The molecule has 1 amide bonds. The molecule has 0 radical (unpaired) electrons. The maximum atomic E-state index is 12.7. The van der Waals surface area contributed by atoms with E-state index < -0.39 is 0 Å². The van der Waals surface area contributed by atoms with Crippen LogP contribution >= 0.6 is 23.1 Å². The van der Waals surface area contributed by atoms with Gasteiger partial charge in [0, 0.05) is 48.5 Å². The number of hydrogen-bond donors (Lipinski definition) is 0. The smallest absolute Gasteiger partial charge is 0.270 e. The van der Waals surface area contributed by atoms with Crippen molar-refractivity contribution in [2.75, 3.05) is 31.1 Å². The minimum Gasteiger partial charge on any atom is -0.345 e. The topological polar surface area (TPSA) is 79.6 Å². The maximum Gasteiger partial charge on any atom is 0.270 e. The number of thioether (sulfide) groups is 1. The van der Waals surface area contributed by atoms with Gasteiger partial charge in [0.05, 0.1) is 21.6 Å². The lowest BCUT2D eigenvalue weighted by Gasteiger charge is -2.34. The lowest BCUT2D eigenvalue weighted by atomic mass is 10.1. The summed E-state index contributed by atoms with van der Waals surface area (Å²) in [7, 11) is 0. The van der Waals surface area contributed by atoms with Crippen LogP contribution < -0.4 is 4.90 Å². The molecule has 0 saturated carbocycles. The largest absolute Gasteiger partial charge is 0.345 e. The summed E-state index contributed by atoms with van der Waals surface area (Å²) in [6.07, 6.45) is 0.414. The molecule has 0 aliphatic carbocycles. The molecule has 162 valence electrons. The molecule has 4 rings (SSSR count). The first kappa shape index (κ1) is 21.6. The summed E-state index contributed by atoms with van der Waals surface area (Å²) in [6, 6.07) is 13.0. The van der Waals surface area contributed by atoms with E-state index in [9.17, 15) is 14.9 Å². The molecule has 0 unspecified atom stereocenters. The number of carbonyl (C=O) groups is 1. The number of fused-ring (bicyclic) bond motifs is 1. The fourth-order valence-electron chi connectivity index (χ4n) is 3.54. The Bertz CT molecular complexity index is 1090. The van der Waals surface area contributed by atoms with Gasteiger partial charge in [0.25, 0.3) is 5.69 Å². The molecular weight excluding hydrogens is 432 g/mol. The van der Waals surface area contributed by atoms with E-state index in [0.717, 1.165) is 20.9 Å². The molecule has 3 aromatic rings. The highest BCUT2D eigenvalue weighted by molar-refractivity contribution is 7.99. The van der Waals surface area contributed by atoms with Crippen molar-refractivity contribution in [1.29, 1.82) is 0 Å². The predicted octanol–water partition coefficient (Wildman–Crippen LogP) is 4.60. The summed E-state index contributed by atoms with van der Waals surface area (Å²) >= 11 is 3.27. The number of nitro benzene ring substituents is 1. The third kappa shape index (κ3) is 5.16. The molecule has 1 fully saturated rings. The highest BCUT2D eigenvalue weighted by Crippen LogP contribution is 2.32. The molecule has 0 spiro atoms. The second kappa shape index (κ2) is 9.23. The van der Waals surface area contributed by atoms with E-state index in [2.05, 4.69) is 35.9 Å². The summed E-state index contributed by atoms with van der Waals surface area (Å²) in [5, 5.41) is 12.4. The molecule has 1 aliphatic heterocycles. The summed E-state index contributed by atoms with van der Waals surface area (Å²) in [5.74, 6) is 0.142. The Balaban J connectivity index is 1.34. The van der Waals surface area contributed by atoms with Gasteiger partial charge in [-0.15, -0.1) is 11.8 Å². The lowest BCUT2D eigenvalue weighted by Crippen LogP contribution is -2.49. The Kier molecular flexibility index (Phi) is 6.43. The summed E-state index contributed by atoms with van der Waals surface area (Å²) in [6.45, 7) is 7.04. The van der Waals surface area contributed by atoms with Gasteiger partial charge in [-0.1, -0.05) is 37.3 Å². The third-order valence-corrected chi connectivity index (χ3v) is 7.22. The van der Waals surface area contributed by atoms with Crippen LogP contribution in [0.2, 0.25) is 0 Å². The first-order chi connectivity index (χ1) is 14.9. The van der Waals surface area contributed by atoms with Gasteiger partial charge in [-0.3, -0.25) is 14.9 Å². The van der Waals surface area contributed by atoms with E-state index in [1.54, 1.807) is 12.1 Å². The predicted molar refractivity (Wildman–Crippen MR) is 126 cm³/mol. The quantitative estimate of drug-likeness (QED) is 0.306. The van der Waals surface area contributed by atoms with Crippen LogP contribution in [0.1, 0.15) is 19.4 Å². The zero-order chi connectivity index (χ0) is 22.0. The SMILES string of the molecule is CC(C)Sc1ccc(CC(=O)N2CCN(c3nc4ccc([N+](=O)[O-])cc4s3)CC2)cc1. The second-order valence-electron chi connectivity index (χ2n) is 7.76. The van der Waals surface area contributed by atoms with Crippen molar-refractivity contribution in [2.45, 2.75) is 30.4 Å². The molecule has 2 aromatic carbocycles. The van der Waals surface area contributed by atoms with E-state index in [1.165, 1.54) is 22.3 Å². The molecule has 0 bridgehead atoms. The molecule has 0 N–H and O–H groups in total. The average Bonchev–Trinajstić information content (AvgIpc) is 3.18. The minimum atomic E-state index is -0.389. The number of carbonyl (C=O) groups excluding carboxylic acids is 1. The van der Waals surface area contributed by atoms with Crippen molar-refractivity contribution in [3.63, 3.8) is 0 Å². The molecule has 0 atom stereocenters. The Morgan fingerprint density at radius 3 is 2.52 bits per heavy atom. The minimum absolute atomic E-state index is 0.0777. The van der Waals surface area contributed by atoms with Gasteiger partial charge in [-0.25, -0.2) is 4.98 Å². The van der Waals surface area contributed by atoms with Gasteiger partial charge < -0.3 is 9.80 Å². The van der Waals surface area contributed by atoms with E-state index in [-0.39, 0.29) is 16.5 Å². The molecule has 2 heterocycles. The van der Waals surface area contributed by atoms with E-state index >= 15 is 0 Å². The van der Waals surface area contributed by atoms with Gasteiger partial charge in [0.15, 0.2) is 5.13 Å². The van der Waals surface area contributed by atoms with Crippen molar-refractivity contribution in [2.24, 2.45) is 0 Å². The molecule has 7 nitrogen and oxygen atoms in total. The summed E-state index contributed by atoms with van der Waals surface area (Å²) < 4.78 is 0.807. The van der Waals surface area contributed by atoms with Gasteiger partial charge in [0.1, 0.15) is 0 Å². The summed E-state index contributed by atoms with van der Waals surface area (Å²) in [4.78, 5) is 33.2. The van der Waals surface area contributed by atoms with Crippen LogP contribution in [0.25, 0.3) is 10.2 Å². The zero-order valence-electron chi connectivity index (χ0n) is 17.5. The van der Waals surface area contributed by atoms with Crippen molar-refractivity contribution >= 4 is 50.0 Å². The highest BCUT2D eigenvalue weighted by Gasteiger charge is 2.23. The fraction of sp³-hybridized carbons (Fsp3) is 0.364. The number of nitro groups is 1. The first-order valence-corrected chi connectivity index (χ1v) is 11.9. The number of piperazine rings is 1. The Labute approximate surface area is 189 Å². The van der Waals surface area contributed by atoms with Crippen molar-refractivity contribution < 1.29 is 9.72 Å². The van der Waals surface area contributed by atoms with Crippen LogP contribution in [0.4, 0.5) is 10.8 Å². The van der Waals surface area contributed by atoms with Crippen LogP contribution in [0.5, 0.6) is 0 Å². The Morgan fingerprint density at radius 2 is 1.87 bits per heavy atom. The molecule has 31 heavy (non-hydrogen) atoms. The average molecular weight is 457 g/mol. The molecule has 9 heteroatoms. The zero-order valence-corrected chi connectivity index (χ0v) is 19.1. The molecule has 1 aromatic heterocycles. The number of rotatable bonds is 6. The monoisotopic (exact) mass is 456 g/mol. The van der Waals surface area contributed by atoms with Crippen LogP contribution in [0.3, 0.4) is 0 Å². The number of amides is 1. The number of aromatic nitrogens is 1. The van der Waals surface area contributed by atoms with E-state index in [4.69, 9.17) is 0 Å². The van der Waals surface area contributed by atoms with Crippen LogP contribution in [0.15, 0.2) is 47.4 Å². The number of thiazole rings is 1. The van der Waals surface area contributed by atoms with E-state index in [1.807, 2.05) is 28.8 Å². The van der Waals surface area contributed by atoms with Gasteiger partial charge >= 0.3 is 0 Å². The third-order valence-electron chi connectivity index (χ3n) is 5.12. The number of non-ortho nitro benzene ring substituents is 1. The molecular formula is C22H24N4O3S2. The first-order valence-electron chi connectivity index (χ1n) is 10.2. The summed E-state index contributed by atoms with van der Waals surface area (Å²) in [5.41, 5.74) is 1.88. The maximum absolute atomic E-state index is 12.7. The number of anilines is 1.